The fraction of sp³-hybridized carbons (Fsp3) is 0.375. The normalized spacial score (nSPS) is 15.7. The monoisotopic (exact) mass is 269 g/mol. The van der Waals surface area contributed by atoms with Crippen LogP contribution in [0.15, 0.2) is 42.6 Å². The number of nitrogens with zero attached hydrogens (tertiary/aromatic N) is 3. The lowest BCUT2D eigenvalue weighted by Gasteiger charge is -2.24. The largest absolute Gasteiger partial charge is 0.481 e. The van der Waals surface area contributed by atoms with E-state index < -0.39 is 0 Å². The molecular formula is C16H19N3O. The Bertz CT molecular complexity index is 581. The highest BCUT2D eigenvalue weighted by Gasteiger charge is 2.45. The first kappa shape index (κ1) is 12.9. The van der Waals surface area contributed by atoms with Crippen LogP contribution in [-0.4, -0.2) is 30.7 Å². The zero-order chi connectivity index (χ0) is 14.0. The van der Waals surface area contributed by atoms with Crippen molar-refractivity contribution in [2.24, 2.45) is 0 Å². The Balaban J connectivity index is 1.77. The molecule has 1 fully saturated rings. The van der Waals surface area contributed by atoms with Gasteiger partial charge in [-0.05, 0) is 18.4 Å². The molecule has 1 saturated carbocycles. The SMILES string of the molecule is COc1ccnc(N(C)CC2(c3ccccc3)CC2)n1. The first-order valence-electron chi connectivity index (χ1n) is 6.87. The van der Waals surface area contributed by atoms with Gasteiger partial charge in [0.2, 0.25) is 11.8 Å². The van der Waals surface area contributed by atoms with Crippen molar-refractivity contribution >= 4 is 5.95 Å². The van der Waals surface area contributed by atoms with Crippen molar-refractivity contribution in [3.05, 3.63) is 48.2 Å². The lowest BCUT2D eigenvalue weighted by atomic mass is 9.95. The molecule has 1 aromatic carbocycles. The summed E-state index contributed by atoms with van der Waals surface area (Å²) in [5, 5.41) is 0. The highest BCUT2D eigenvalue weighted by Crippen LogP contribution is 2.48. The number of aromatic nitrogens is 2. The average molecular weight is 269 g/mol. The van der Waals surface area contributed by atoms with E-state index in [0.717, 1.165) is 6.54 Å². The van der Waals surface area contributed by atoms with Crippen LogP contribution in [0, 0.1) is 0 Å². The van der Waals surface area contributed by atoms with Gasteiger partial charge in [-0.25, -0.2) is 4.98 Å². The van der Waals surface area contributed by atoms with Crippen LogP contribution < -0.4 is 9.64 Å². The van der Waals surface area contributed by atoms with Crippen molar-refractivity contribution in [1.82, 2.24) is 9.97 Å². The number of hydrogen-bond donors (Lipinski definition) is 0. The van der Waals surface area contributed by atoms with Crippen molar-refractivity contribution in [3.8, 4) is 5.88 Å². The van der Waals surface area contributed by atoms with E-state index in [4.69, 9.17) is 4.74 Å². The van der Waals surface area contributed by atoms with E-state index >= 15 is 0 Å². The maximum absolute atomic E-state index is 5.16. The molecule has 1 aliphatic rings. The minimum Gasteiger partial charge on any atom is -0.481 e. The standard InChI is InChI=1S/C16H19N3O/c1-19(15-17-11-8-14(18-15)20-2)12-16(9-10-16)13-6-4-3-5-7-13/h3-8,11H,9-10,12H2,1-2H3. The molecule has 0 amide bonds. The molecule has 0 radical (unpaired) electrons. The molecule has 0 spiro atoms. The van der Waals surface area contributed by atoms with Crippen LogP contribution in [-0.2, 0) is 5.41 Å². The van der Waals surface area contributed by atoms with E-state index in [-0.39, 0.29) is 5.41 Å². The van der Waals surface area contributed by atoms with E-state index in [1.54, 1.807) is 19.4 Å². The van der Waals surface area contributed by atoms with Gasteiger partial charge in [-0.15, -0.1) is 0 Å². The van der Waals surface area contributed by atoms with Crippen molar-refractivity contribution in [1.29, 1.82) is 0 Å². The predicted molar refractivity (Wildman–Crippen MR) is 79.2 cm³/mol. The van der Waals surface area contributed by atoms with Crippen molar-refractivity contribution < 1.29 is 4.74 Å². The van der Waals surface area contributed by atoms with Crippen LogP contribution in [0.1, 0.15) is 18.4 Å². The lowest BCUT2D eigenvalue weighted by Crippen LogP contribution is -2.30. The van der Waals surface area contributed by atoms with Crippen molar-refractivity contribution in [2.45, 2.75) is 18.3 Å². The minimum absolute atomic E-state index is 0.266. The van der Waals surface area contributed by atoms with Gasteiger partial charge in [-0.1, -0.05) is 30.3 Å². The maximum atomic E-state index is 5.16. The molecule has 20 heavy (non-hydrogen) atoms. The van der Waals surface area contributed by atoms with Gasteiger partial charge < -0.3 is 9.64 Å². The van der Waals surface area contributed by atoms with Gasteiger partial charge in [-0.3, -0.25) is 0 Å². The van der Waals surface area contributed by atoms with Crippen LogP contribution in [0.2, 0.25) is 0 Å². The molecule has 1 aromatic heterocycles. The molecule has 0 unspecified atom stereocenters. The average Bonchev–Trinajstić information content (AvgIpc) is 3.29. The number of ether oxygens (including phenoxy) is 1. The third-order valence-corrected chi connectivity index (χ3v) is 3.95. The number of methoxy groups -OCH3 is 1. The van der Waals surface area contributed by atoms with Crippen molar-refractivity contribution in [3.63, 3.8) is 0 Å². The van der Waals surface area contributed by atoms with Gasteiger partial charge in [0.1, 0.15) is 0 Å². The fourth-order valence-electron chi connectivity index (χ4n) is 2.64. The minimum atomic E-state index is 0.266. The fourth-order valence-corrected chi connectivity index (χ4v) is 2.64. The number of likely N-dealkylation sites (N-methyl/N-ethyl adjacent to an activating group) is 1. The molecule has 1 aliphatic carbocycles. The Hall–Kier alpha value is -2.10. The summed E-state index contributed by atoms with van der Waals surface area (Å²) in [6.45, 7) is 0.935. The second kappa shape index (κ2) is 5.12. The molecule has 2 aromatic rings. The van der Waals surface area contributed by atoms with Crippen LogP contribution >= 0.6 is 0 Å². The molecule has 0 N–H and O–H groups in total. The lowest BCUT2D eigenvalue weighted by molar-refractivity contribution is 0.396. The molecular weight excluding hydrogens is 250 g/mol. The van der Waals surface area contributed by atoms with Gasteiger partial charge in [0.15, 0.2) is 0 Å². The van der Waals surface area contributed by atoms with E-state index in [2.05, 4.69) is 45.2 Å². The zero-order valence-electron chi connectivity index (χ0n) is 11.9. The van der Waals surface area contributed by atoms with Crippen LogP contribution in [0.25, 0.3) is 0 Å². The number of rotatable bonds is 5. The summed E-state index contributed by atoms with van der Waals surface area (Å²) in [6.07, 6.45) is 4.19. The number of anilines is 1. The smallest absolute Gasteiger partial charge is 0.228 e. The van der Waals surface area contributed by atoms with E-state index in [0.29, 0.717) is 11.8 Å². The van der Waals surface area contributed by atoms with Crippen LogP contribution in [0.3, 0.4) is 0 Å². The zero-order valence-corrected chi connectivity index (χ0v) is 11.9. The Morgan fingerprint density at radius 3 is 2.60 bits per heavy atom. The van der Waals surface area contributed by atoms with Gasteiger partial charge >= 0.3 is 0 Å². The Morgan fingerprint density at radius 1 is 1.20 bits per heavy atom. The number of benzene rings is 1. The molecule has 4 heteroatoms. The molecule has 0 aliphatic heterocycles. The molecule has 3 rings (SSSR count). The first-order valence-corrected chi connectivity index (χ1v) is 6.87. The predicted octanol–water partition coefficient (Wildman–Crippen LogP) is 2.65. The highest BCUT2D eigenvalue weighted by atomic mass is 16.5. The van der Waals surface area contributed by atoms with Gasteiger partial charge in [0.05, 0.1) is 7.11 Å². The topological polar surface area (TPSA) is 38.2 Å². The second-order valence-electron chi connectivity index (χ2n) is 5.40. The van der Waals surface area contributed by atoms with E-state index in [1.165, 1.54) is 18.4 Å². The van der Waals surface area contributed by atoms with Crippen LogP contribution in [0.4, 0.5) is 5.95 Å². The summed E-state index contributed by atoms with van der Waals surface area (Å²) in [5.41, 5.74) is 1.68. The van der Waals surface area contributed by atoms with Crippen LogP contribution in [0.5, 0.6) is 5.88 Å². The molecule has 0 atom stereocenters. The highest BCUT2D eigenvalue weighted by molar-refractivity contribution is 5.38. The molecule has 0 bridgehead atoms. The van der Waals surface area contributed by atoms with Gasteiger partial charge in [-0.2, -0.15) is 4.98 Å². The molecule has 4 nitrogen and oxygen atoms in total. The van der Waals surface area contributed by atoms with E-state index in [1.807, 2.05) is 7.05 Å². The Kier molecular flexibility index (Phi) is 3.30. The molecule has 0 saturated heterocycles. The quantitative estimate of drug-likeness (QED) is 0.836. The van der Waals surface area contributed by atoms with Crippen molar-refractivity contribution in [2.75, 3.05) is 25.6 Å². The number of hydrogen-bond acceptors (Lipinski definition) is 4. The van der Waals surface area contributed by atoms with E-state index in [9.17, 15) is 0 Å². The third kappa shape index (κ3) is 2.46. The Labute approximate surface area is 119 Å². The summed E-state index contributed by atoms with van der Waals surface area (Å²) in [5.74, 6) is 1.32. The summed E-state index contributed by atoms with van der Waals surface area (Å²) >= 11 is 0. The Morgan fingerprint density at radius 2 is 1.95 bits per heavy atom. The summed E-state index contributed by atoms with van der Waals surface area (Å²) in [6, 6.07) is 12.5. The maximum Gasteiger partial charge on any atom is 0.228 e. The summed E-state index contributed by atoms with van der Waals surface area (Å²) in [7, 11) is 3.66. The second-order valence-corrected chi connectivity index (χ2v) is 5.40. The molecule has 1 heterocycles. The van der Waals surface area contributed by atoms with Gasteiger partial charge in [0.25, 0.3) is 0 Å². The summed E-state index contributed by atoms with van der Waals surface area (Å²) in [4.78, 5) is 10.8. The third-order valence-electron chi connectivity index (χ3n) is 3.95. The summed E-state index contributed by atoms with van der Waals surface area (Å²) < 4.78 is 5.16. The molecule has 104 valence electrons. The first-order chi connectivity index (χ1) is 9.73. The van der Waals surface area contributed by atoms with Gasteiger partial charge in [0, 0.05) is 31.3 Å².